The maximum Gasteiger partial charge on any atom is 0.255 e. The van der Waals surface area contributed by atoms with E-state index < -0.39 is 58.0 Å². The van der Waals surface area contributed by atoms with Crippen LogP contribution in [0.3, 0.4) is 0 Å². The van der Waals surface area contributed by atoms with Gasteiger partial charge in [0.25, 0.3) is 5.91 Å². The maximum atomic E-state index is 13.8. The van der Waals surface area contributed by atoms with Crippen molar-refractivity contribution < 1.29 is 34.8 Å². The predicted octanol–water partition coefficient (Wildman–Crippen LogP) is 0.635. The van der Waals surface area contributed by atoms with Crippen LogP contribution in [0.25, 0.3) is 5.76 Å². The molecule has 182 valence electrons. The highest BCUT2D eigenvalue weighted by molar-refractivity contribution is 14.1. The number of halogens is 1. The topological polar surface area (TPSA) is 165 Å². The minimum Gasteiger partial charge on any atom is -0.508 e. The highest BCUT2D eigenvalue weighted by atomic mass is 127. The molecular formula is C23H26IN3O7. The number of nitrogens with zero attached hydrogens (tertiary/aromatic N) is 2. The average Bonchev–Trinajstić information content (AvgIpc) is 2.72. The summed E-state index contributed by atoms with van der Waals surface area (Å²) in [6.45, 7) is 0. The Hall–Kier alpha value is -2.64. The molecule has 1 amide bonds. The molecule has 1 saturated carbocycles. The zero-order chi connectivity index (χ0) is 25.4. The molecule has 3 aliphatic carbocycles. The number of nitrogens with two attached hydrogens (primary N) is 1. The van der Waals surface area contributed by atoms with Crippen LogP contribution in [0, 0.1) is 15.4 Å². The highest BCUT2D eigenvalue weighted by Gasteiger charge is 2.64. The standard InChI is InChI=1S/C23H26IN3O7/c1-26(2)12-7-11(24)17(28)14-9(12)5-8-6-10-16(27(3)4)19(30)15(22(25)33)21(32)23(10,34)20(31)13(8)18(14)29/h7-8,10,16,28-29,32,34H,5-6H2,1-4H3,(H2,25,33)/t8-,10-,16-,23-/m0/s1. The van der Waals surface area contributed by atoms with Crippen LogP contribution in [0.5, 0.6) is 5.75 Å². The lowest BCUT2D eigenvalue weighted by molar-refractivity contribution is -0.153. The van der Waals surface area contributed by atoms with Gasteiger partial charge in [-0.25, -0.2) is 0 Å². The number of aliphatic hydroxyl groups is 3. The van der Waals surface area contributed by atoms with E-state index in [9.17, 15) is 34.8 Å². The SMILES string of the molecule is CN(C)c1cc(I)c(O)c2c1C[C@H]1C[C@H]3[C@H](N(C)C)C(=O)C(C(N)=O)=C(O)[C@@]3(O)C(=O)C1=C2O. The van der Waals surface area contributed by atoms with Crippen LogP contribution < -0.4 is 10.6 Å². The Balaban J connectivity index is 2.01. The fourth-order valence-electron chi connectivity index (χ4n) is 5.66. The number of hydrogen-bond acceptors (Lipinski definition) is 9. The van der Waals surface area contributed by atoms with Crippen LogP contribution >= 0.6 is 22.6 Å². The van der Waals surface area contributed by atoms with Crippen molar-refractivity contribution in [3.63, 3.8) is 0 Å². The van der Waals surface area contributed by atoms with Gasteiger partial charge >= 0.3 is 0 Å². The largest absolute Gasteiger partial charge is 0.508 e. The quantitative estimate of drug-likeness (QED) is 0.254. The third-order valence-corrected chi connectivity index (χ3v) is 7.95. The number of anilines is 1. The van der Waals surface area contributed by atoms with E-state index in [-0.39, 0.29) is 29.7 Å². The van der Waals surface area contributed by atoms with Crippen LogP contribution in [0.2, 0.25) is 0 Å². The number of primary amides is 1. The second-order valence-electron chi connectivity index (χ2n) is 9.44. The van der Waals surface area contributed by atoms with E-state index >= 15 is 0 Å². The second kappa shape index (κ2) is 7.95. The van der Waals surface area contributed by atoms with Gasteiger partial charge in [-0.2, -0.15) is 0 Å². The van der Waals surface area contributed by atoms with Crippen LogP contribution in [-0.2, 0) is 20.8 Å². The average molecular weight is 583 g/mol. The number of phenolic OH excluding ortho intramolecular Hbond substituents is 1. The van der Waals surface area contributed by atoms with Crippen molar-refractivity contribution in [1.82, 2.24) is 4.90 Å². The van der Waals surface area contributed by atoms with E-state index in [0.717, 1.165) is 5.69 Å². The number of hydrogen-bond donors (Lipinski definition) is 5. The molecule has 6 N–H and O–H groups in total. The molecule has 0 unspecified atom stereocenters. The number of carbonyl (C=O) groups excluding carboxylic acids is 3. The van der Waals surface area contributed by atoms with E-state index in [0.29, 0.717) is 9.13 Å². The fraction of sp³-hybridized carbons (Fsp3) is 0.435. The Morgan fingerprint density at radius 2 is 1.79 bits per heavy atom. The van der Waals surface area contributed by atoms with E-state index in [4.69, 9.17) is 5.73 Å². The molecule has 0 saturated heterocycles. The van der Waals surface area contributed by atoms with Crippen molar-refractivity contribution in [2.75, 3.05) is 33.1 Å². The molecule has 0 aromatic heterocycles. The molecule has 0 spiro atoms. The van der Waals surface area contributed by atoms with E-state index in [1.807, 2.05) is 41.6 Å². The van der Waals surface area contributed by atoms with Gasteiger partial charge in [0.05, 0.1) is 15.2 Å². The molecular weight excluding hydrogens is 557 g/mol. The molecule has 3 aliphatic rings. The van der Waals surface area contributed by atoms with Gasteiger partial charge in [0.1, 0.15) is 22.8 Å². The summed E-state index contributed by atoms with van der Waals surface area (Å²) in [5.41, 5.74) is 3.18. The number of amides is 1. The summed E-state index contributed by atoms with van der Waals surface area (Å²) in [6, 6.07) is 0.671. The summed E-state index contributed by atoms with van der Waals surface area (Å²) >= 11 is 1.92. The smallest absolute Gasteiger partial charge is 0.255 e. The number of rotatable bonds is 3. The highest BCUT2D eigenvalue weighted by Crippen LogP contribution is 2.54. The number of aliphatic hydroxyl groups excluding tert-OH is 2. The third kappa shape index (κ3) is 3.09. The Kier molecular flexibility index (Phi) is 5.73. The number of aromatic hydroxyl groups is 1. The number of ketones is 2. The summed E-state index contributed by atoms with van der Waals surface area (Å²) in [6.07, 6.45) is 0.317. The molecule has 10 nitrogen and oxygen atoms in total. The molecule has 0 bridgehead atoms. The van der Waals surface area contributed by atoms with Crippen LogP contribution in [0.4, 0.5) is 5.69 Å². The number of benzene rings is 1. The molecule has 1 fully saturated rings. The first-order chi connectivity index (χ1) is 15.7. The fourth-order valence-corrected chi connectivity index (χ4v) is 6.22. The second-order valence-corrected chi connectivity index (χ2v) is 10.6. The molecule has 0 radical (unpaired) electrons. The zero-order valence-corrected chi connectivity index (χ0v) is 21.2. The number of carbonyl (C=O) groups is 3. The van der Waals surface area contributed by atoms with Crippen molar-refractivity contribution in [2.45, 2.75) is 24.5 Å². The van der Waals surface area contributed by atoms with Crippen molar-refractivity contribution >= 4 is 51.5 Å². The van der Waals surface area contributed by atoms with Gasteiger partial charge in [-0.1, -0.05) is 0 Å². The first kappa shape index (κ1) is 24.5. The molecule has 1 aromatic rings. The first-order valence-corrected chi connectivity index (χ1v) is 11.7. The number of phenols is 1. The lowest BCUT2D eigenvalue weighted by atomic mass is 9.57. The van der Waals surface area contributed by atoms with Gasteiger partial charge in [-0.15, -0.1) is 0 Å². The van der Waals surface area contributed by atoms with E-state index in [1.54, 1.807) is 20.2 Å². The van der Waals surface area contributed by atoms with Crippen LogP contribution in [0.15, 0.2) is 23.0 Å². The normalized spacial score (nSPS) is 28.6. The number of likely N-dealkylation sites (N-methyl/N-ethyl adjacent to an activating group) is 1. The van der Waals surface area contributed by atoms with Gasteiger partial charge < -0.3 is 31.1 Å². The Labute approximate surface area is 209 Å². The van der Waals surface area contributed by atoms with Crippen LogP contribution in [-0.4, -0.2) is 82.6 Å². The molecule has 4 atom stereocenters. The van der Waals surface area contributed by atoms with Crippen molar-refractivity contribution in [2.24, 2.45) is 17.6 Å². The van der Waals surface area contributed by atoms with Crippen LogP contribution in [0.1, 0.15) is 17.5 Å². The summed E-state index contributed by atoms with van der Waals surface area (Å²) < 4.78 is 0.459. The summed E-state index contributed by atoms with van der Waals surface area (Å²) in [4.78, 5) is 42.2. The molecule has 0 heterocycles. The van der Waals surface area contributed by atoms with Crippen molar-refractivity contribution in [1.29, 1.82) is 0 Å². The maximum absolute atomic E-state index is 13.8. The lowest BCUT2D eigenvalue weighted by Gasteiger charge is -2.50. The zero-order valence-electron chi connectivity index (χ0n) is 19.1. The van der Waals surface area contributed by atoms with Gasteiger partial charge in [0.15, 0.2) is 11.4 Å². The van der Waals surface area contributed by atoms with E-state index in [1.165, 1.54) is 4.90 Å². The van der Waals surface area contributed by atoms with E-state index in [2.05, 4.69) is 0 Å². The Bertz CT molecular complexity index is 1220. The van der Waals surface area contributed by atoms with Gasteiger partial charge in [0.2, 0.25) is 5.78 Å². The number of fused-ring (bicyclic) bond motifs is 3. The predicted molar refractivity (Wildman–Crippen MR) is 131 cm³/mol. The lowest BCUT2D eigenvalue weighted by Crippen LogP contribution is -2.65. The molecule has 0 aliphatic heterocycles. The minimum absolute atomic E-state index is 0.0609. The summed E-state index contributed by atoms with van der Waals surface area (Å²) in [7, 11) is 6.77. The first-order valence-electron chi connectivity index (χ1n) is 10.6. The number of Topliss-reactive ketones (excluding diaryl/α,β-unsaturated/α-hetero) is 2. The van der Waals surface area contributed by atoms with Gasteiger partial charge in [-0.3, -0.25) is 19.3 Å². The summed E-state index contributed by atoms with van der Waals surface area (Å²) in [5.74, 6) is -6.52. The summed E-state index contributed by atoms with van der Waals surface area (Å²) in [5, 5.41) is 44.4. The monoisotopic (exact) mass is 583 g/mol. The molecule has 34 heavy (non-hydrogen) atoms. The van der Waals surface area contributed by atoms with Crippen molar-refractivity contribution in [3.8, 4) is 5.75 Å². The Morgan fingerprint density at radius 3 is 2.32 bits per heavy atom. The third-order valence-electron chi connectivity index (χ3n) is 7.13. The minimum atomic E-state index is -2.63. The Morgan fingerprint density at radius 1 is 1.18 bits per heavy atom. The molecule has 4 rings (SSSR count). The van der Waals surface area contributed by atoms with Gasteiger partial charge in [0, 0.05) is 31.3 Å². The van der Waals surface area contributed by atoms with Crippen molar-refractivity contribution in [3.05, 3.63) is 37.7 Å². The molecule has 1 aromatic carbocycles. The molecule has 11 heteroatoms. The van der Waals surface area contributed by atoms with Gasteiger partial charge in [-0.05, 0) is 67.1 Å².